The standard InChI is InChI=1S/C8H9BrO3S.Na/c1-6(9)7-4-2-3-5-8(7)13(10,11)12;/h2-6H,1H3,(H,10,11,12);/q;+1/p-1. The van der Waals surface area contributed by atoms with Crippen LogP contribution in [-0.4, -0.2) is 13.0 Å². The summed E-state index contributed by atoms with van der Waals surface area (Å²) in [6, 6.07) is 6.16. The number of halogens is 1. The molecule has 0 spiro atoms. The summed E-state index contributed by atoms with van der Waals surface area (Å²) < 4.78 is 32.3. The molecule has 72 valence electrons. The molecular weight excluding hydrogens is 279 g/mol. The summed E-state index contributed by atoms with van der Waals surface area (Å²) in [5.74, 6) is 0. The molecule has 3 nitrogen and oxygen atoms in total. The number of benzene rings is 1. The molecule has 0 saturated carbocycles. The molecule has 1 rings (SSSR count). The second-order valence-electron chi connectivity index (χ2n) is 2.61. The zero-order valence-electron chi connectivity index (χ0n) is 7.90. The summed E-state index contributed by atoms with van der Waals surface area (Å²) in [4.78, 5) is -0.299. The minimum Gasteiger partial charge on any atom is -0.744 e. The van der Waals surface area contributed by atoms with E-state index in [1.165, 1.54) is 12.1 Å². The van der Waals surface area contributed by atoms with Gasteiger partial charge in [-0.25, -0.2) is 8.42 Å². The first-order valence-electron chi connectivity index (χ1n) is 3.62. The van der Waals surface area contributed by atoms with Gasteiger partial charge in [-0.3, -0.25) is 0 Å². The molecule has 1 aromatic rings. The predicted octanol–water partition coefficient (Wildman–Crippen LogP) is -0.949. The van der Waals surface area contributed by atoms with E-state index in [0.29, 0.717) is 5.56 Å². The molecule has 0 aliphatic carbocycles. The van der Waals surface area contributed by atoms with Gasteiger partial charge in [-0.05, 0) is 18.6 Å². The first-order chi connectivity index (χ1) is 5.93. The topological polar surface area (TPSA) is 57.2 Å². The van der Waals surface area contributed by atoms with Crippen LogP contribution >= 0.6 is 15.9 Å². The van der Waals surface area contributed by atoms with Gasteiger partial charge in [0.25, 0.3) is 0 Å². The molecule has 14 heavy (non-hydrogen) atoms. The smallest absolute Gasteiger partial charge is 0.744 e. The van der Waals surface area contributed by atoms with Crippen LogP contribution in [0.1, 0.15) is 17.3 Å². The van der Waals surface area contributed by atoms with E-state index >= 15 is 0 Å². The monoisotopic (exact) mass is 286 g/mol. The minimum absolute atomic E-state index is 0. The van der Waals surface area contributed by atoms with Crippen LogP contribution in [0, 0.1) is 0 Å². The maximum Gasteiger partial charge on any atom is 1.00 e. The Balaban J connectivity index is 0.00000169. The quantitative estimate of drug-likeness (QED) is 0.400. The molecule has 0 aliphatic rings. The molecule has 1 unspecified atom stereocenters. The molecular formula is C8H8BrNaO3S. The number of rotatable bonds is 2. The molecule has 0 saturated heterocycles. The van der Waals surface area contributed by atoms with Crippen molar-refractivity contribution in [3.63, 3.8) is 0 Å². The average molecular weight is 287 g/mol. The SMILES string of the molecule is CC(Br)c1ccccc1S(=O)(=O)[O-].[Na+]. The second kappa shape index (κ2) is 5.63. The van der Waals surface area contributed by atoms with Gasteiger partial charge in [0.1, 0.15) is 10.1 Å². The molecule has 6 heteroatoms. The van der Waals surface area contributed by atoms with Crippen LogP contribution in [-0.2, 0) is 10.1 Å². The maximum absolute atomic E-state index is 10.8. The van der Waals surface area contributed by atoms with Crippen molar-refractivity contribution in [2.45, 2.75) is 16.6 Å². The predicted molar refractivity (Wildman–Crippen MR) is 51.7 cm³/mol. The van der Waals surface area contributed by atoms with Crippen molar-refractivity contribution in [3.8, 4) is 0 Å². The molecule has 0 aliphatic heterocycles. The van der Waals surface area contributed by atoms with Crippen molar-refractivity contribution in [2.24, 2.45) is 0 Å². The van der Waals surface area contributed by atoms with Gasteiger partial charge >= 0.3 is 29.6 Å². The summed E-state index contributed by atoms with van der Waals surface area (Å²) in [6.45, 7) is 1.77. The third-order valence-corrected chi connectivity index (χ3v) is 3.02. The zero-order chi connectivity index (χ0) is 10.1. The Labute approximate surface area is 114 Å². The summed E-state index contributed by atoms with van der Waals surface area (Å²) in [7, 11) is -4.36. The Morgan fingerprint density at radius 2 is 1.86 bits per heavy atom. The molecule has 0 N–H and O–H groups in total. The number of hydrogen-bond donors (Lipinski definition) is 0. The van der Waals surface area contributed by atoms with Crippen LogP contribution in [0.5, 0.6) is 0 Å². The fourth-order valence-corrected chi connectivity index (χ4v) is 2.37. The Morgan fingerprint density at radius 3 is 2.21 bits per heavy atom. The molecule has 0 amide bonds. The summed E-state index contributed by atoms with van der Waals surface area (Å²) >= 11 is 3.22. The van der Waals surface area contributed by atoms with E-state index in [1.54, 1.807) is 19.1 Å². The number of alkyl halides is 1. The van der Waals surface area contributed by atoms with E-state index in [0.717, 1.165) is 0 Å². The number of hydrogen-bond acceptors (Lipinski definition) is 3. The Hall–Kier alpha value is 0.610. The summed E-state index contributed by atoms with van der Waals surface area (Å²) in [5, 5.41) is 0. The molecule has 0 aromatic heterocycles. The van der Waals surface area contributed by atoms with Crippen molar-refractivity contribution in [3.05, 3.63) is 29.8 Å². The largest absolute Gasteiger partial charge is 1.00 e. The average Bonchev–Trinajstić information content (AvgIpc) is 2.03. The van der Waals surface area contributed by atoms with Crippen LogP contribution in [0.25, 0.3) is 0 Å². The van der Waals surface area contributed by atoms with Crippen LogP contribution in [0.4, 0.5) is 0 Å². The van der Waals surface area contributed by atoms with Crippen molar-refractivity contribution in [2.75, 3.05) is 0 Å². The van der Waals surface area contributed by atoms with E-state index in [1.807, 2.05) is 0 Å². The van der Waals surface area contributed by atoms with Crippen molar-refractivity contribution in [1.29, 1.82) is 0 Å². The fraction of sp³-hybridized carbons (Fsp3) is 0.250. The maximum atomic E-state index is 10.8. The Kier molecular flexibility index (Phi) is 5.87. The Bertz CT molecular complexity index is 403. The van der Waals surface area contributed by atoms with Crippen LogP contribution in [0.3, 0.4) is 0 Å². The molecule has 0 fully saturated rings. The summed E-state index contributed by atoms with van der Waals surface area (Å²) in [5.41, 5.74) is 0.498. The van der Waals surface area contributed by atoms with E-state index in [-0.39, 0.29) is 39.3 Å². The zero-order valence-corrected chi connectivity index (χ0v) is 12.3. The van der Waals surface area contributed by atoms with Gasteiger partial charge < -0.3 is 4.55 Å². The first-order valence-corrected chi connectivity index (χ1v) is 5.94. The molecule has 0 radical (unpaired) electrons. The van der Waals surface area contributed by atoms with Gasteiger partial charge in [-0.15, -0.1) is 0 Å². The van der Waals surface area contributed by atoms with Gasteiger partial charge in [-0.2, -0.15) is 0 Å². The third kappa shape index (κ3) is 3.64. The molecule has 1 aromatic carbocycles. The van der Waals surface area contributed by atoms with Gasteiger partial charge in [0.05, 0.1) is 4.90 Å². The van der Waals surface area contributed by atoms with Crippen molar-refractivity contribution in [1.82, 2.24) is 0 Å². The van der Waals surface area contributed by atoms with E-state index in [2.05, 4.69) is 15.9 Å². The molecule has 0 bridgehead atoms. The summed E-state index contributed by atoms with van der Waals surface area (Å²) in [6.07, 6.45) is 0. The van der Waals surface area contributed by atoms with E-state index in [4.69, 9.17) is 0 Å². The van der Waals surface area contributed by atoms with Gasteiger partial charge in [-0.1, -0.05) is 34.1 Å². The van der Waals surface area contributed by atoms with Gasteiger partial charge in [0.15, 0.2) is 0 Å². The van der Waals surface area contributed by atoms with Crippen LogP contribution in [0.2, 0.25) is 0 Å². The van der Waals surface area contributed by atoms with Crippen molar-refractivity contribution < 1.29 is 42.5 Å². The van der Waals surface area contributed by atoms with Gasteiger partial charge in [0.2, 0.25) is 0 Å². The van der Waals surface area contributed by atoms with Crippen molar-refractivity contribution >= 4 is 26.0 Å². The third-order valence-electron chi connectivity index (χ3n) is 1.62. The Morgan fingerprint density at radius 1 is 1.36 bits per heavy atom. The minimum atomic E-state index is -4.36. The van der Waals surface area contributed by atoms with E-state index < -0.39 is 10.1 Å². The second-order valence-corrected chi connectivity index (χ2v) is 5.33. The molecule has 1 atom stereocenters. The first kappa shape index (κ1) is 14.6. The fourth-order valence-electron chi connectivity index (χ4n) is 1.04. The van der Waals surface area contributed by atoms with Crippen LogP contribution in [0.15, 0.2) is 29.2 Å². The normalized spacial score (nSPS) is 13.1. The van der Waals surface area contributed by atoms with Gasteiger partial charge in [0, 0.05) is 4.83 Å². The molecule has 0 heterocycles. The van der Waals surface area contributed by atoms with Crippen LogP contribution < -0.4 is 29.6 Å². The van der Waals surface area contributed by atoms with E-state index in [9.17, 15) is 13.0 Å².